The van der Waals surface area contributed by atoms with Crippen LogP contribution >= 0.6 is 15.9 Å². The summed E-state index contributed by atoms with van der Waals surface area (Å²) >= 11 is 3.40. The molecule has 0 heterocycles. The first-order valence-electron chi connectivity index (χ1n) is 2.95. The second-order valence-electron chi connectivity index (χ2n) is 1.87. The zero-order valence-corrected chi connectivity index (χ0v) is 7.06. The van der Waals surface area contributed by atoms with Crippen molar-refractivity contribution in [3.05, 3.63) is 46.6 Å². The number of benzene rings is 1. The maximum Gasteiger partial charge on any atom is 0.0253 e. The first kappa shape index (κ1) is 7.33. The summed E-state index contributed by atoms with van der Waals surface area (Å²) in [5.74, 6) is 0. The molecule has 0 fully saturated rings. The number of hydrogen-bond donors (Lipinski definition) is 0. The molecule has 0 aliphatic rings. The Balaban J connectivity index is 3.14. The van der Waals surface area contributed by atoms with E-state index in [1.807, 2.05) is 30.3 Å². The largest absolute Gasteiger partial charge is 0.128 e. The van der Waals surface area contributed by atoms with Crippen LogP contribution in [0.5, 0.6) is 0 Å². The summed E-state index contributed by atoms with van der Waals surface area (Å²) in [6.45, 7) is 3.50. The van der Waals surface area contributed by atoms with Crippen LogP contribution in [0.3, 0.4) is 0 Å². The van der Waals surface area contributed by atoms with Gasteiger partial charge in [0.2, 0.25) is 0 Å². The minimum absolute atomic E-state index is 1.08. The summed E-state index contributed by atoms with van der Waals surface area (Å²) in [6, 6.07) is 7.95. The van der Waals surface area contributed by atoms with Gasteiger partial charge in [0, 0.05) is 4.47 Å². The molecule has 0 atom stereocenters. The summed E-state index contributed by atoms with van der Waals surface area (Å²) in [6.07, 6.45) is 1.84. The lowest BCUT2D eigenvalue weighted by Gasteiger charge is -1.93. The number of halogens is 1. The van der Waals surface area contributed by atoms with E-state index in [-0.39, 0.29) is 0 Å². The molecular weight excluding hydrogens is 188 g/mol. The Morgan fingerprint density at radius 3 is 2.70 bits per heavy atom. The van der Waals surface area contributed by atoms with Crippen molar-refractivity contribution in [1.82, 2.24) is 0 Å². The summed E-state index contributed by atoms with van der Waals surface area (Å²) in [7, 11) is 0. The lowest BCUT2D eigenvalue weighted by molar-refractivity contribution is 1.60. The lowest BCUT2D eigenvalue weighted by atomic mass is 10.2. The van der Waals surface area contributed by atoms with Gasteiger partial charge in [0.25, 0.3) is 0 Å². The van der Waals surface area contributed by atoms with Gasteiger partial charge in [-0.25, -0.2) is 0 Å². The Morgan fingerprint density at radius 2 is 2.10 bits per heavy atom. The van der Waals surface area contributed by atoms with Gasteiger partial charge in [-0.05, 0) is 17.7 Å². The summed E-state index contributed by atoms with van der Waals surface area (Å²) in [5, 5.41) is 0. The molecule has 0 unspecified atom stereocenters. The van der Waals surface area contributed by atoms with Crippen molar-refractivity contribution in [2.45, 2.75) is 0 Å². The van der Waals surface area contributed by atoms with E-state index in [1.54, 1.807) is 0 Å². The highest BCUT2D eigenvalue weighted by molar-refractivity contribution is 9.10. The fraction of sp³-hybridized carbons (Fsp3) is 0. The van der Waals surface area contributed by atoms with E-state index in [2.05, 4.69) is 28.2 Å². The van der Waals surface area contributed by atoms with Crippen LogP contribution in [0, 0.1) is 0 Å². The number of rotatable bonds is 1. The molecule has 0 aliphatic carbocycles. The highest BCUT2D eigenvalue weighted by Crippen LogP contribution is 2.16. The molecule has 1 heteroatoms. The Labute approximate surface area is 69.0 Å². The van der Waals surface area contributed by atoms with Gasteiger partial charge in [-0.1, -0.05) is 40.7 Å². The molecule has 0 spiro atoms. The molecule has 0 radical (unpaired) electrons. The second kappa shape index (κ2) is 3.40. The van der Waals surface area contributed by atoms with E-state index < -0.39 is 0 Å². The van der Waals surface area contributed by atoms with Gasteiger partial charge in [0.05, 0.1) is 0 Å². The van der Waals surface area contributed by atoms with E-state index >= 15 is 0 Å². The van der Waals surface area contributed by atoms with Crippen LogP contribution in [0.1, 0.15) is 5.56 Å². The topological polar surface area (TPSA) is 0 Å². The van der Waals surface area contributed by atoms with Crippen LogP contribution in [0.2, 0.25) is 0 Å². The molecule has 0 N–H and O–H groups in total. The van der Waals surface area contributed by atoms with E-state index in [9.17, 15) is 0 Å². The molecule has 0 bridgehead atoms. The average Bonchev–Trinajstić information content (AvgIpc) is 1.94. The third-order valence-corrected chi connectivity index (χ3v) is 1.88. The lowest BCUT2D eigenvalue weighted by Crippen LogP contribution is -1.70. The van der Waals surface area contributed by atoms with Crippen molar-refractivity contribution in [2.24, 2.45) is 0 Å². The SMILES string of the molecule is C=C=Cc1ccccc1Br. The summed E-state index contributed by atoms with van der Waals surface area (Å²) in [5.41, 5.74) is 3.83. The van der Waals surface area contributed by atoms with Crippen LogP contribution in [0.4, 0.5) is 0 Å². The van der Waals surface area contributed by atoms with Crippen molar-refractivity contribution in [3.8, 4) is 0 Å². The van der Waals surface area contributed by atoms with Gasteiger partial charge in [-0.3, -0.25) is 0 Å². The third-order valence-electron chi connectivity index (χ3n) is 1.16. The highest BCUT2D eigenvalue weighted by atomic mass is 79.9. The van der Waals surface area contributed by atoms with Gasteiger partial charge in [-0.2, -0.15) is 0 Å². The predicted octanol–water partition coefficient (Wildman–Crippen LogP) is 3.25. The zero-order chi connectivity index (χ0) is 7.40. The molecule has 1 rings (SSSR count). The molecule has 0 nitrogen and oxygen atoms in total. The Bertz CT molecular complexity index is 270. The molecule has 0 aliphatic heterocycles. The monoisotopic (exact) mass is 194 g/mol. The van der Waals surface area contributed by atoms with Crippen LogP contribution in [-0.2, 0) is 0 Å². The second-order valence-corrected chi connectivity index (χ2v) is 2.72. The fourth-order valence-electron chi connectivity index (χ4n) is 0.702. The van der Waals surface area contributed by atoms with Crippen molar-refractivity contribution >= 4 is 22.0 Å². The Hall–Kier alpha value is -0.780. The first-order valence-corrected chi connectivity index (χ1v) is 3.74. The highest BCUT2D eigenvalue weighted by Gasteiger charge is 1.89. The fourth-order valence-corrected chi connectivity index (χ4v) is 1.10. The normalized spacial score (nSPS) is 8.50. The van der Waals surface area contributed by atoms with E-state index in [0.717, 1.165) is 10.0 Å². The van der Waals surface area contributed by atoms with Gasteiger partial charge in [0.1, 0.15) is 0 Å². The quantitative estimate of drug-likeness (QED) is 0.603. The Kier molecular flexibility index (Phi) is 2.49. The molecule has 0 amide bonds. The van der Waals surface area contributed by atoms with Crippen molar-refractivity contribution in [3.63, 3.8) is 0 Å². The van der Waals surface area contributed by atoms with Crippen molar-refractivity contribution in [2.75, 3.05) is 0 Å². The van der Waals surface area contributed by atoms with Crippen LogP contribution < -0.4 is 0 Å². The maximum absolute atomic E-state index is 3.50. The average molecular weight is 195 g/mol. The molecule has 1 aromatic carbocycles. The van der Waals surface area contributed by atoms with Crippen LogP contribution in [0.15, 0.2) is 41.0 Å². The number of hydrogen-bond acceptors (Lipinski definition) is 0. The molecule has 0 saturated heterocycles. The smallest absolute Gasteiger partial charge is 0.0253 e. The van der Waals surface area contributed by atoms with E-state index in [1.165, 1.54) is 0 Å². The van der Waals surface area contributed by atoms with Gasteiger partial charge in [-0.15, -0.1) is 5.73 Å². The predicted molar refractivity (Wildman–Crippen MR) is 47.7 cm³/mol. The van der Waals surface area contributed by atoms with Gasteiger partial charge in [0.15, 0.2) is 0 Å². The molecule has 50 valence electrons. The minimum Gasteiger partial charge on any atom is -0.128 e. The van der Waals surface area contributed by atoms with E-state index in [0.29, 0.717) is 0 Å². The first-order chi connectivity index (χ1) is 4.84. The summed E-state index contributed by atoms with van der Waals surface area (Å²) < 4.78 is 1.08. The van der Waals surface area contributed by atoms with Crippen molar-refractivity contribution < 1.29 is 0 Å². The Morgan fingerprint density at radius 1 is 1.40 bits per heavy atom. The molecule has 1 aromatic rings. The standard InChI is InChI=1S/C9H7Br/c1-2-5-8-6-3-4-7-9(8)10/h3-7H,1H2. The molecular formula is C9H7Br. The minimum atomic E-state index is 1.08. The van der Waals surface area contributed by atoms with E-state index in [4.69, 9.17) is 0 Å². The van der Waals surface area contributed by atoms with Gasteiger partial charge < -0.3 is 0 Å². The van der Waals surface area contributed by atoms with Crippen molar-refractivity contribution in [1.29, 1.82) is 0 Å². The molecule has 10 heavy (non-hydrogen) atoms. The maximum atomic E-state index is 3.50. The van der Waals surface area contributed by atoms with Crippen LogP contribution in [0.25, 0.3) is 6.08 Å². The van der Waals surface area contributed by atoms with Crippen LogP contribution in [-0.4, -0.2) is 0 Å². The molecule has 0 aromatic heterocycles. The zero-order valence-electron chi connectivity index (χ0n) is 5.47. The third kappa shape index (κ3) is 1.60. The molecule has 0 saturated carbocycles. The van der Waals surface area contributed by atoms with Gasteiger partial charge >= 0.3 is 0 Å². The summed E-state index contributed by atoms with van der Waals surface area (Å²) in [4.78, 5) is 0.